The van der Waals surface area contributed by atoms with Gasteiger partial charge in [0.05, 0.1) is 10.4 Å². The number of rotatable bonds is 4. The first-order valence-corrected chi connectivity index (χ1v) is 7.64. The van der Waals surface area contributed by atoms with Crippen molar-refractivity contribution in [2.24, 2.45) is 5.73 Å². The van der Waals surface area contributed by atoms with E-state index in [2.05, 4.69) is 15.9 Å². The summed E-state index contributed by atoms with van der Waals surface area (Å²) in [5.74, 6) is 0. The Balaban J connectivity index is 2.29. The lowest BCUT2D eigenvalue weighted by molar-refractivity contribution is -0.384. The van der Waals surface area contributed by atoms with Gasteiger partial charge in [-0.2, -0.15) is 0 Å². The largest absolute Gasteiger partial charge is 0.330 e. The van der Waals surface area contributed by atoms with Gasteiger partial charge in [0, 0.05) is 22.1 Å². The van der Waals surface area contributed by atoms with E-state index < -0.39 is 0 Å². The molecule has 0 bridgehead atoms. The molecule has 0 unspecified atom stereocenters. The number of halogens is 1. The van der Waals surface area contributed by atoms with Crippen LogP contribution < -0.4 is 5.73 Å². The fraction of sp³-hybridized carbons (Fsp3) is 0.125. The summed E-state index contributed by atoms with van der Waals surface area (Å²) in [6.07, 6.45) is 2.67. The molecule has 6 heteroatoms. The van der Waals surface area contributed by atoms with Crippen molar-refractivity contribution in [3.8, 4) is 5.69 Å². The lowest BCUT2D eigenvalue weighted by atomic mass is 10.1. The highest BCUT2D eigenvalue weighted by Gasteiger charge is 2.18. The zero-order valence-electron chi connectivity index (χ0n) is 11.7. The minimum Gasteiger partial charge on any atom is -0.330 e. The predicted octanol–water partition coefficient (Wildman–Crippen LogP) is 3.80. The number of nitrogens with zero attached hydrogens (tertiary/aromatic N) is 2. The Morgan fingerprint density at radius 1 is 1.23 bits per heavy atom. The molecule has 5 nitrogen and oxygen atoms in total. The van der Waals surface area contributed by atoms with Crippen molar-refractivity contribution < 1.29 is 4.92 Å². The summed E-state index contributed by atoms with van der Waals surface area (Å²) < 4.78 is 2.55. The fourth-order valence-electron chi connectivity index (χ4n) is 2.65. The van der Waals surface area contributed by atoms with Gasteiger partial charge >= 0.3 is 0 Å². The number of nitro benzene ring substituents is 1. The second kappa shape index (κ2) is 5.90. The summed E-state index contributed by atoms with van der Waals surface area (Å²) in [7, 11) is 0. The topological polar surface area (TPSA) is 74.1 Å². The molecular formula is C16H14BrN3O2. The summed E-state index contributed by atoms with van der Waals surface area (Å²) >= 11 is 3.29. The van der Waals surface area contributed by atoms with Crippen LogP contribution in [-0.4, -0.2) is 16.0 Å². The zero-order chi connectivity index (χ0) is 15.7. The van der Waals surface area contributed by atoms with Gasteiger partial charge in [0.25, 0.3) is 5.69 Å². The van der Waals surface area contributed by atoms with E-state index in [9.17, 15) is 10.1 Å². The van der Waals surface area contributed by atoms with Gasteiger partial charge in [0.2, 0.25) is 0 Å². The van der Waals surface area contributed by atoms with E-state index in [1.54, 1.807) is 12.1 Å². The Morgan fingerprint density at radius 2 is 2.00 bits per heavy atom. The highest BCUT2D eigenvalue weighted by atomic mass is 79.9. The lowest BCUT2D eigenvalue weighted by Gasteiger charge is -2.06. The van der Waals surface area contributed by atoms with E-state index in [4.69, 9.17) is 5.73 Å². The van der Waals surface area contributed by atoms with Gasteiger partial charge in [-0.05, 0) is 36.7 Å². The van der Waals surface area contributed by atoms with Gasteiger partial charge in [-0.15, -0.1) is 0 Å². The van der Waals surface area contributed by atoms with Crippen LogP contribution in [0.2, 0.25) is 0 Å². The lowest BCUT2D eigenvalue weighted by Crippen LogP contribution is -2.02. The van der Waals surface area contributed by atoms with Gasteiger partial charge in [0.15, 0.2) is 0 Å². The number of aromatic nitrogens is 1. The molecule has 0 atom stereocenters. The van der Waals surface area contributed by atoms with Crippen molar-refractivity contribution >= 4 is 32.5 Å². The highest BCUT2D eigenvalue weighted by Crippen LogP contribution is 2.31. The third-order valence-corrected chi connectivity index (χ3v) is 4.10. The average molecular weight is 360 g/mol. The number of nitrogens with two attached hydrogens (primary N) is 1. The van der Waals surface area contributed by atoms with Crippen LogP contribution in [-0.2, 0) is 6.42 Å². The molecule has 22 heavy (non-hydrogen) atoms. The highest BCUT2D eigenvalue weighted by molar-refractivity contribution is 9.10. The third-order valence-electron chi connectivity index (χ3n) is 3.60. The summed E-state index contributed by atoms with van der Waals surface area (Å²) in [4.78, 5) is 11.0. The number of hydrogen-bond donors (Lipinski definition) is 1. The van der Waals surface area contributed by atoms with Crippen LogP contribution in [0.15, 0.2) is 53.1 Å². The maximum Gasteiger partial charge on any atom is 0.294 e. The van der Waals surface area contributed by atoms with Crippen molar-refractivity contribution in [2.75, 3.05) is 6.54 Å². The van der Waals surface area contributed by atoms with Crippen molar-refractivity contribution in [1.82, 2.24) is 4.57 Å². The Hall–Kier alpha value is -2.18. The van der Waals surface area contributed by atoms with E-state index in [0.717, 1.165) is 22.9 Å². The van der Waals surface area contributed by atoms with Crippen molar-refractivity contribution in [3.63, 3.8) is 0 Å². The van der Waals surface area contributed by atoms with Gasteiger partial charge in [-0.25, -0.2) is 0 Å². The predicted molar refractivity (Wildman–Crippen MR) is 90.4 cm³/mol. The Morgan fingerprint density at radius 3 is 2.73 bits per heavy atom. The van der Waals surface area contributed by atoms with Crippen LogP contribution in [0.5, 0.6) is 0 Å². The number of nitro groups is 1. The molecule has 3 aromatic rings. The second-order valence-electron chi connectivity index (χ2n) is 4.97. The molecule has 3 rings (SSSR count). The first-order chi connectivity index (χ1) is 10.6. The molecule has 0 amide bonds. The van der Waals surface area contributed by atoms with Crippen LogP contribution in [0.4, 0.5) is 5.69 Å². The van der Waals surface area contributed by atoms with Crippen molar-refractivity contribution in [3.05, 3.63) is 68.8 Å². The molecule has 2 aromatic carbocycles. The van der Waals surface area contributed by atoms with Gasteiger partial charge in [-0.3, -0.25) is 10.1 Å². The van der Waals surface area contributed by atoms with Crippen LogP contribution >= 0.6 is 15.9 Å². The summed E-state index contributed by atoms with van der Waals surface area (Å²) in [6.45, 7) is 0.538. The van der Waals surface area contributed by atoms with E-state index in [-0.39, 0.29) is 10.6 Å². The van der Waals surface area contributed by atoms with Crippen molar-refractivity contribution in [1.29, 1.82) is 0 Å². The molecule has 0 radical (unpaired) electrons. The Bertz CT molecular complexity index is 858. The molecule has 112 valence electrons. The molecule has 0 fully saturated rings. The Labute approximate surface area is 135 Å². The van der Waals surface area contributed by atoms with E-state index in [1.807, 2.05) is 35.0 Å². The second-order valence-corrected chi connectivity index (χ2v) is 5.89. The smallest absolute Gasteiger partial charge is 0.294 e. The van der Waals surface area contributed by atoms with E-state index in [1.165, 1.54) is 6.07 Å². The summed E-state index contributed by atoms with van der Waals surface area (Å²) in [5, 5.41) is 12.4. The van der Waals surface area contributed by atoms with Crippen LogP contribution in [0.25, 0.3) is 16.6 Å². The average Bonchev–Trinajstić information content (AvgIpc) is 2.87. The number of hydrogen-bond acceptors (Lipinski definition) is 3. The molecule has 1 heterocycles. The van der Waals surface area contributed by atoms with Gasteiger partial charge in [0.1, 0.15) is 5.69 Å². The normalized spacial score (nSPS) is 11.0. The molecule has 2 N–H and O–H groups in total. The third kappa shape index (κ3) is 2.51. The van der Waals surface area contributed by atoms with Crippen LogP contribution in [0.3, 0.4) is 0 Å². The van der Waals surface area contributed by atoms with E-state index in [0.29, 0.717) is 16.7 Å². The molecule has 0 saturated heterocycles. The molecule has 0 aliphatic carbocycles. The molecule has 0 aliphatic heterocycles. The van der Waals surface area contributed by atoms with E-state index >= 15 is 0 Å². The number of para-hydroxylation sites is 1. The quantitative estimate of drug-likeness (QED) is 0.568. The maximum atomic E-state index is 11.4. The number of benzene rings is 2. The minimum atomic E-state index is -0.364. The minimum absolute atomic E-state index is 0.0643. The van der Waals surface area contributed by atoms with Crippen LogP contribution in [0, 0.1) is 10.1 Å². The SMILES string of the molecule is NCCc1cn(-c2ccc(Br)cc2[N+](=O)[O-])c2ccccc12. The summed E-state index contributed by atoms with van der Waals surface area (Å²) in [5.41, 5.74) is 8.32. The fourth-order valence-corrected chi connectivity index (χ4v) is 3.00. The van der Waals surface area contributed by atoms with Gasteiger partial charge < -0.3 is 10.3 Å². The Kier molecular flexibility index (Phi) is 3.96. The number of fused-ring (bicyclic) bond motifs is 1. The first-order valence-electron chi connectivity index (χ1n) is 6.85. The molecule has 0 spiro atoms. The summed E-state index contributed by atoms with van der Waals surface area (Å²) in [6, 6.07) is 12.9. The van der Waals surface area contributed by atoms with Gasteiger partial charge in [-0.1, -0.05) is 34.1 Å². The molecule has 0 saturated carbocycles. The maximum absolute atomic E-state index is 11.4. The van der Waals surface area contributed by atoms with Crippen molar-refractivity contribution in [2.45, 2.75) is 6.42 Å². The molecule has 1 aromatic heterocycles. The van der Waals surface area contributed by atoms with Crippen LogP contribution in [0.1, 0.15) is 5.56 Å². The first kappa shape index (κ1) is 14.7. The molecular weight excluding hydrogens is 346 g/mol. The monoisotopic (exact) mass is 359 g/mol. The standard InChI is InChI=1S/C16H14BrN3O2/c17-12-5-6-15(16(9-12)20(21)22)19-10-11(7-8-18)13-3-1-2-4-14(13)19/h1-6,9-10H,7-8,18H2. The molecule has 0 aliphatic rings. The zero-order valence-corrected chi connectivity index (χ0v) is 13.3.